The molecular formula is C68H130N4O14S2. The molecule has 0 aromatic rings. The number of aliphatic hydroxyl groups excluding tert-OH is 4. The molecule has 4 atom stereocenters. The fourth-order valence-corrected chi connectivity index (χ4v) is 12.3. The molecule has 0 aromatic heterocycles. The summed E-state index contributed by atoms with van der Waals surface area (Å²) >= 11 is 0. The van der Waals surface area contributed by atoms with Gasteiger partial charge in [-0.05, 0) is 133 Å². The Morgan fingerprint density at radius 1 is 0.341 bits per heavy atom. The lowest BCUT2D eigenvalue weighted by molar-refractivity contribution is -0.145. The number of unbranched alkanes of at least 4 members (excludes halogenated alkanes) is 9. The number of carbonyl (C=O) groups excluding carboxylic acids is 5. The molecule has 0 saturated carbocycles. The first-order valence-electron chi connectivity index (χ1n) is 34.8. The molecule has 1 aliphatic rings. The first kappa shape index (κ1) is 83.7. The Kier molecular flexibility index (Phi) is 53.6. The third-order valence-corrected chi connectivity index (χ3v) is 18.4. The third kappa shape index (κ3) is 54.3. The normalized spacial score (nSPS) is 14.8. The maximum Gasteiger partial charge on any atom is 0.305 e. The second kappa shape index (κ2) is 56.3. The molecule has 0 aromatic carbocycles. The van der Waals surface area contributed by atoms with Crippen LogP contribution < -0.4 is 0 Å². The Bertz CT molecular complexity index is 1620. The van der Waals surface area contributed by atoms with Crippen LogP contribution in [0, 0.1) is 23.7 Å². The minimum Gasteiger partial charge on any atom is -0.466 e. The summed E-state index contributed by atoms with van der Waals surface area (Å²) in [5.41, 5.74) is 0. The monoisotopic (exact) mass is 1290 g/mol. The molecule has 0 bridgehead atoms. The first-order chi connectivity index (χ1) is 42.2. The number of aliphatic hydroxyl groups is 4. The van der Waals surface area contributed by atoms with Crippen molar-refractivity contribution in [3.63, 3.8) is 0 Å². The summed E-state index contributed by atoms with van der Waals surface area (Å²) in [7, 11) is 3.83. The Balaban J connectivity index is 2.45. The zero-order valence-electron chi connectivity index (χ0n) is 56.8. The van der Waals surface area contributed by atoms with Crippen LogP contribution in [0.1, 0.15) is 235 Å². The number of carbonyl (C=O) groups is 5. The van der Waals surface area contributed by atoms with Crippen molar-refractivity contribution in [2.75, 3.05) is 123 Å². The molecule has 1 saturated heterocycles. The standard InChI is InChI=1S/C68H130N4O14S2/c1-56(2)33-45-82-64(77)28-15-11-9-13-24-60(73)52-71(53-61(74)25-14-10-12-16-29-65(78)83-46-34-57(3)4)37-21-22-50-87-88-51-44-70-41-39-69(40-42-70)43-49-86-68(81)32-23-38-72(54-62(75)26-17-19-30-66(79)84-47-35-58(5)6)55-63(76)27-18-20-31-67(80)85-48-36-59(7)8/h56-63,73-76H,9-55H2,1-8H3. The van der Waals surface area contributed by atoms with Crippen LogP contribution in [0.2, 0.25) is 0 Å². The van der Waals surface area contributed by atoms with Crippen LogP contribution in [0.3, 0.4) is 0 Å². The summed E-state index contributed by atoms with van der Waals surface area (Å²) in [6.07, 6.45) is 17.7. The lowest BCUT2D eigenvalue weighted by Crippen LogP contribution is -2.47. The molecule has 88 heavy (non-hydrogen) atoms. The Morgan fingerprint density at radius 2 is 0.625 bits per heavy atom. The summed E-state index contributed by atoms with van der Waals surface area (Å²) < 4.78 is 27.0. The molecule has 4 N–H and O–H groups in total. The molecule has 18 nitrogen and oxygen atoms in total. The van der Waals surface area contributed by atoms with Crippen LogP contribution in [0.4, 0.5) is 0 Å². The van der Waals surface area contributed by atoms with Gasteiger partial charge in [0.05, 0.1) is 50.8 Å². The predicted octanol–water partition coefficient (Wildman–Crippen LogP) is 11.3. The molecule has 0 amide bonds. The number of piperazine rings is 1. The second-order valence-corrected chi connectivity index (χ2v) is 29.2. The molecule has 1 heterocycles. The molecule has 0 radical (unpaired) electrons. The quantitative estimate of drug-likeness (QED) is 0.0192. The molecule has 1 aliphatic heterocycles. The smallest absolute Gasteiger partial charge is 0.305 e. The van der Waals surface area contributed by atoms with Crippen molar-refractivity contribution in [3.8, 4) is 0 Å². The first-order valence-corrected chi connectivity index (χ1v) is 37.3. The van der Waals surface area contributed by atoms with Gasteiger partial charge < -0.3 is 44.1 Å². The largest absolute Gasteiger partial charge is 0.466 e. The second-order valence-electron chi connectivity index (χ2n) is 26.5. The number of ether oxygens (including phenoxy) is 5. The fraction of sp³-hybridized carbons (Fsp3) is 0.926. The van der Waals surface area contributed by atoms with Crippen molar-refractivity contribution in [1.29, 1.82) is 0 Å². The van der Waals surface area contributed by atoms with E-state index in [-0.39, 0.29) is 36.3 Å². The van der Waals surface area contributed by atoms with Crippen molar-refractivity contribution in [3.05, 3.63) is 0 Å². The van der Waals surface area contributed by atoms with Gasteiger partial charge in [0.25, 0.3) is 0 Å². The summed E-state index contributed by atoms with van der Waals surface area (Å²) in [5, 5.41) is 44.1. The Labute approximate surface area is 542 Å². The molecule has 20 heteroatoms. The van der Waals surface area contributed by atoms with Crippen molar-refractivity contribution in [2.45, 2.75) is 260 Å². The van der Waals surface area contributed by atoms with Gasteiger partial charge in [-0.3, -0.25) is 43.6 Å². The zero-order valence-corrected chi connectivity index (χ0v) is 58.5. The van der Waals surface area contributed by atoms with Crippen molar-refractivity contribution < 1.29 is 68.1 Å². The van der Waals surface area contributed by atoms with Crippen LogP contribution in [0.25, 0.3) is 0 Å². The zero-order chi connectivity index (χ0) is 65.0. The van der Waals surface area contributed by atoms with Gasteiger partial charge in [-0.15, -0.1) is 0 Å². The lowest BCUT2D eigenvalue weighted by atomic mass is 10.1. The fourth-order valence-electron chi connectivity index (χ4n) is 10.1. The number of hydrogen-bond donors (Lipinski definition) is 4. The van der Waals surface area contributed by atoms with E-state index in [1.165, 1.54) is 0 Å². The maximum absolute atomic E-state index is 12.9. The number of nitrogens with zero attached hydrogens (tertiary/aromatic N) is 4. The summed E-state index contributed by atoms with van der Waals surface area (Å²) in [6.45, 7) is 27.6. The van der Waals surface area contributed by atoms with Crippen LogP contribution in [-0.4, -0.2) is 217 Å². The van der Waals surface area contributed by atoms with Gasteiger partial charge in [-0.1, -0.05) is 128 Å². The van der Waals surface area contributed by atoms with E-state index in [1.807, 2.05) is 26.5 Å². The summed E-state index contributed by atoms with van der Waals surface area (Å²) in [4.78, 5) is 70.3. The van der Waals surface area contributed by atoms with Gasteiger partial charge >= 0.3 is 29.8 Å². The van der Waals surface area contributed by atoms with Crippen LogP contribution in [0.15, 0.2) is 0 Å². The van der Waals surface area contributed by atoms with Gasteiger partial charge in [0.2, 0.25) is 0 Å². The highest BCUT2D eigenvalue weighted by molar-refractivity contribution is 8.76. The average molecular weight is 1290 g/mol. The van der Waals surface area contributed by atoms with E-state index in [0.717, 1.165) is 141 Å². The highest BCUT2D eigenvalue weighted by Crippen LogP contribution is 2.23. The van der Waals surface area contributed by atoms with Crippen LogP contribution >= 0.6 is 21.6 Å². The maximum atomic E-state index is 12.9. The van der Waals surface area contributed by atoms with E-state index < -0.39 is 24.4 Å². The van der Waals surface area contributed by atoms with Gasteiger partial charge in [0, 0.05) is 109 Å². The van der Waals surface area contributed by atoms with Gasteiger partial charge in [-0.25, -0.2) is 0 Å². The van der Waals surface area contributed by atoms with E-state index in [1.54, 1.807) is 0 Å². The lowest BCUT2D eigenvalue weighted by Gasteiger charge is -2.34. The average Bonchev–Trinajstić information content (AvgIpc) is 3.49. The highest BCUT2D eigenvalue weighted by atomic mass is 33.1. The van der Waals surface area contributed by atoms with E-state index in [9.17, 15) is 44.4 Å². The van der Waals surface area contributed by atoms with E-state index in [0.29, 0.717) is 179 Å². The highest BCUT2D eigenvalue weighted by Gasteiger charge is 2.21. The van der Waals surface area contributed by atoms with Gasteiger partial charge in [0.15, 0.2) is 0 Å². The predicted molar refractivity (Wildman–Crippen MR) is 358 cm³/mol. The number of esters is 5. The van der Waals surface area contributed by atoms with E-state index in [4.69, 9.17) is 23.7 Å². The Hall–Kier alpha value is -2.27. The van der Waals surface area contributed by atoms with E-state index >= 15 is 0 Å². The molecule has 1 fully saturated rings. The van der Waals surface area contributed by atoms with Crippen molar-refractivity contribution >= 4 is 51.4 Å². The van der Waals surface area contributed by atoms with Gasteiger partial charge in [-0.2, -0.15) is 0 Å². The molecule has 0 aliphatic carbocycles. The molecular weight excluding hydrogens is 1160 g/mol. The van der Waals surface area contributed by atoms with Crippen molar-refractivity contribution in [1.82, 2.24) is 19.6 Å². The topological polar surface area (TPSA) is 225 Å². The molecule has 518 valence electrons. The SMILES string of the molecule is CC(C)CCOC(=O)CCCCCCC(O)CN(CCCCSSCCN1CCN(CCOC(=O)CCCN(CC(O)CCCCC(=O)OCCC(C)C)CC(O)CCCCC(=O)OCCC(C)C)CC1)CC(O)CCCCCCC(=O)OCCC(C)C. The van der Waals surface area contributed by atoms with Crippen LogP contribution in [0.5, 0.6) is 0 Å². The van der Waals surface area contributed by atoms with E-state index in [2.05, 4.69) is 70.1 Å². The minimum atomic E-state index is -0.650. The summed E-state index contributed by atoms with van der Waals surface area (Å²) in [6, 6.07) is 0. The number of hydrogen-bond acceptors (Lipinski definition) is 20. The molecule has 1 rings (SSSR count). The van der Waals surface area contributed by atoms with Crippen molar-refractivity contribution in [2.24, 2.45) is 23.7 Å². The minimum absolute atomic E-state index is 0.122. The third-order valence-electron chi connectivity index (χ3n) is 15.9. The molecule has 0 spiro atoms. The molecule has 4 unspecified atom stereocenters. The van der Waals surface area contributed by atoms with Gasteiger partial charge in [0.1, 0.15) is 6.61 Å². The Morgan fingerprint density at radius 3 is 0.989 bits per heavy atom. The number of rotatable bonds is 60. The summed E-state index contributed by atoms with van der Waals surface area (Å²) in [5.74, 6) is 3.13. The van der Waals surface area contributed by atoms with Crippen LogP contribution in [-0.2, 0) is 47.7 Å².